The average molecular weight is 297 g/mol. The molecule has 0 unspecified atom stereocenters. The van der Waals surface area contributed by atoms with E-state index in [2.05, 4.69) is 10.2 Å². The van der Waals surface area contributed by atoms with Crippen molar-refractivity contribution in [2.24, 2.45) is 0 Å². The third-order valence-corrected chi connectivity index (χ3v) is 5.55. The van der Waals surface area contributed by atoms with Gasteiger partial charge in [-0.15, -0.1) is 0 Å². The second-order valence-corrected chi connectivity index (χ2v) is 6.96. The van der Waals surface area contributed by atoms with Crippen molar-refractivity contribution in [3.8, 4) is 0 Å². The highest BCUT2D eigenvalue weighted by molar-refractivity contribution is 8.13. The predicted molar refractivity (Wildman–Crippen MR) is 79.8 cm³/mol. The Morgan fingerprint density at radius 2 is 2.15 bits per heavy atom. The second-order valence-electron chi connectivity index (χ2n) is 5.91. The Hall–Kier alpha value is -0.750. The van der Waals surface area contributed by atoms with E-state index < -0.39 is 0 Å². The number of nitrogens with zero attached hydrogens (tertiary/aromatic N) is 2. The van der Waals surface area contributed by atoms with Crippen molar-refractivity contribution in [3.05, 3.63) is 0 Å². The van der Waals surface area contributed by atoms with Crippen molar-refractivity contribution < 1.29 is 9.59 Å². The summed E-state index contributed by atoms with van der Waals surface area (Å²) in [6, 6.07) is 0.878. The number of carbonyl (C=O) groups is 2. The summed E-state index contributed by atoms with van der Waals surface area (Å²) in [5, 5.41) is 3.31. The van der Waals surface area contributed by atoms with Gasteiger partial charge in [-0.2, -0.15) is 0 Å². The summed E-state index contributed by atoms with van der Waals surface area (Å²) in [5.41, 5.74) is 0. The van der Waals surface area contributed by atoms with Gasteiger partial charge in [0.1, 0.15) is 0 Å². The Morgan fingerprint density at radius 3 is 2.95 bits per heavy atom. The normalized spacial score (nSPS) is 30.6. The van der Waals surface area contributed by atoms with Gasteiger partial charge in [-0.25, -0.2) is 0 Å². The molecule has 3 heterocycles. The van der Waals surface area contributed by atoms with Crippen molar-refractivity contribution >= 4 is 22.9 Å². The van der Waals surface area contributed by atoms with E-state index in [-0.39, 0.29) is 11.1 Å². The fraction of sp³-hybridized carbons (Fsp3) is 0.857. The molecule has 112 valence electrons. The summed E-state index contributed by atoms with van der Waals surface area (Å²) in [7, 11) is 0. The molecule has 5 nitrogen and oxygen atoms in total. The maximum absolute atomic E-state index is 12.1. The Labute approximate surface area is 124 Å². The Morgan fingerprint density at radius 1 is 1.25 bits per heavy atom. The van der Waals surface area contributed by atoms with Crippen LogP contribution in [0.5, 0.6) is 0 Å². The molecule has 0 aromatic heterocycles. The number of amides is 2. The zero-order chi connectivity index (χ0) is 13.9. The molecule has 3 saturated heterocycles. The lowest BCUT2D eigenvalue weighted by molar-refractivity contribution is -0.122. The van der Waals surface area contributed by atoms with Crippen LogP contribution in [0, 0.1) is 0 Å². The minimum Gasteiger partial charge on any atom is -0.352 e. The van der Waals surface area contributed by atoms with Crippen molar-refractivity contribution in [3.63, 3.8) is 0 Å². The van der Waals surface area contributed by atoms with Crippen molar-refractivity contribution in [2.75, 3.05) is 31.9 Å². The van der Waals surface area contributed by atoms with Gasteiger partial charge in [0.15, 0.2) is 0 Å². The first-order valence-electron chi connectivity index (χ1n) is 7.69. The number of carbonyl (C=O) groups excluding carboxylic acids is 2. The lowest BCUT2D eigenvalue weighted by atomic mass is 9.99. The van der Waals surface area contributed by atoms with Gasteiger partial charge in [-0.05, 0) is 25.8 Å². The standard InChI is InChI=1S/C14H23N3O2S/c18-13(5-8-17-9-10-20-14(17)19)15-11-4-7-16-6-2-1-3-12(11)16/h11-12H,1-10H2,(H,15,18)/t11-,12-/m1/s1. The molecule has 0 aromatic carbocycles. The molecule has 3 fully saturated rings. The molecule has 6 heteroatoms. The fourth-order valence-electron chi connectivity index (χ4n) is 3.56. The van der Waals surface area contributed by atoms with Crippen LogP contribution in [-0.2, 0) is 4.79 Å². The van der Waals surface area contributed by atoms with Gasteiger partial charge < -0.3 is 10.2 Å². The summed E-state index contributed by atoms with van der Waals surface area (Å²) in [6.07, 6.45) is 5.32. The highest BCUT2D eigenvalue weighted by Gasteiger charge is 2.36. The first-order chi connectivity index (χ1) is 9.74. The molecule has 2 atom stereocenters. The first-order valence-corrected chi connectivity index (χ1v) is 8.68. The Balaban J connectivity index is 1.43. The minimum atomic E-state index is 0.104. The summed E-state index contributed by atoms with van der Waals surface area (Å²) in [4.78, 5) is 27.8. The van der Waals surface area contributed by atoms with E-state index in [1.807, 2.05) is 0 Å². The second kappa shape index (κ2) is 6.35. The summed E-state index contributed by atoms with van der Waals surface area (Å²) in [6.45, 7) is 3.67. The van der Waals surface area contributed by atoms with Gasteiger partial charge in [0.2, 0.25) is 5.91 Å². The van der Waals surface area contributed by atoms with Crippen LogP contribution < -0.4 is 5.32 Å². The average Bonchev–Trinajstić information content (AvgIpc) is 3.04. The minimum absolute atomic E-state index is 0.104. The van der Waals surface area contributed by atoms with Crippen molar-refractivity contribution in [2.45, 2.75) is 44.2 Å². The molecule has 0 bridgehead atoms. The number of hydrogen-bond acceptors (Lipinski definition) is 4. The summed E-state index contributed by atoms with van der Waals surface area (Å²) >= 11 is 1.35. The molecular weight excluding hydrogens is 274 g/mol. The number of thioether (sulfide) groups is 1. The molecule has 3 rings (SSSR count). The maximum atomic E-state index is 12.1. The highest BCUT2D eigenvalue weighted by atomic mass is 32.2. The van der Waals surface area contributed by atoms with E-state index in [1.165, 1.54) is 37.6 Å². The van der Waals surface area contributed by atoms with Crippen LogP contribution in [0.3, 0.4) is 0 Å². The molecule has 0 spiro atoms. The number of nitrogens with one attached hydrogen (secondary N) is 1. The van der Waals surface area contributed by atoms with Crippen molar-refractivity contribution in [1.82, 2.24) is 15.1 Å². The number of fused-ring (bicyclic) bond motifs is 1. The van der Waals surface area contributed by atoms with Crippen LogP contribution in [0.15, 0.2) is 0 Å². The van der Waals surface area contributed by atoms with Gasteiger partial charge >= 0.3 is 0 Å². The number of rotatable bonds is 4. The van der Waals surface area contributed by atoms with E-state index in [1.54, 1.807) is 4.90 Å². The molecular formula is C14H23N3O2S. The molecule has 0 aromatic rings. The van der Waals surface area contributed by atoms with Crippen molar-refractivity contribution in [1.29, 1.82) is 0 Å². The van der Waals surface area contributed by atoms with Gasteiger partial charge in [-0.3, -0.25) is 14.5 Å². The molecule has 3 aliphatic heterocycles. The topological polar surface area (TPSA) is 52.7 Å². The summed E-state index contributed by atoms with van der Waals surface area (Å²) in [5.74, 6) is 0.965. The quantitative estimate of drug-likeness (QED) is 0.849. The van der Waals surface area contributed by atoms with Crippen LogP contribution >= 0.6 is 11.8 Å². The SMILES string of the molecule is O=C(CCN1CCSC1=O)N[C@@H]1CCN2CCCC[C@H]12. The van der Waals surface area contributed by atoms with E-state index in [4.69, 9.17) is 0 Å². The van der Waals surface area contributed by atoms with E-state index in [0.717, 1.165) is 25.3 Å². The molecule has 2 amide bonds. The molecule has 20 heavy (non-hydrogen) atoms. The van der Waals surface area contributed by atoms with E-state index in [0.29, 0.717) is 25.0 Å². The first kappa shape index (κ1) is 14.2. The largest absolute Gasteiger partial charge is 0.352 e. The smallest absolute Gasteiger partial charge is 0.281 e. The lowest BCUT2D eigenvalue weighted by Gasteiger charge is -2.32. The third kappa shape index (κ3) is 3.11. The van der Waals surface area contributed by atoms with Crippen LogP contribution in [0.2, 0.25) is 0 Å². The highest BCUT2D eigenvalue weighted by Crippen LogP contribution is 2.27. The molecule has 0 radical (unpaired) electrons. The molecule has 0 saturated carbocycles. The molecule has 3 aliphatic rings. The fourth-order valence-corrected chi connectivity index (χ4v) is 4.41. The lowest BCUT2D eigenvalue weighted by Crippen LogP contribution is -2.47. The third-order valence-electron chi connectivity index (χ3n) is 4.66. The number of piperidine rings is 1. The van der Waals surface area contributed by atoms with Gasteiger partial charge in [-0.1, -0.05) is 18.2 Å². The molecule has 0 aliphatic carbocycles. The monoisotopic (exact) mass is 297 g/mol. The zero-order valence-electron chi connectivity index (χ0n) is 11.8. The van der Waals surface area contributed by atoms with Gasteiger partial charge in [0, 0.05) is 43.9 Å². The maximum Gasteiger partial charge on any atom is 0.281 e. The Kier molecular flexibility index (Phi) is 4.51. The zero-order valence-corrected chi connectivity index (χ0v) is 12.7. The van der Waals surface area contributed by atoms with E-state index in [9.17, 15) is 9.59 Å². The van der Waals surface area contributed by atoms with Crippen LogP contribution in [0.25, 0.3) is 0 Å². The Bertz CT molecular complexity index is 391. The van der Waals surface area contributed by atoms with Crippen LogP contribution in [0.1, 0.15) is 32.1 Å². The van der Waals surface area contributed by atoms with Crippen LogP contribution in [-0.4, -0.2) is 65.0 Å². The van der Waals surface area contributed by atoms with Gasteiger partial charge in [0.05, 0.1) is 0 Å². The van der Waals surface area contributed by atoms with Crippen LogP contribution in [0.4, 0.5) is 4.79 Å². The predicted octanol–water partition coefficient (Wildman–Crippen LogP) is 1.29. The van der Waals surface area contributed by atoms with E-state index >= 15 is 0 Å². The molecule has 1 N–H and O–H groups in total. The number of hydrogen-bond donors (Lipinski definition) is 1. The summed E-state index contributed by atoms with van der Waals surface area (Å²) < 4.78 is 0. The van der Waals surface area contributed by atoms with Gasteiger partial charge in [0.25, 0.3) is 5.24 Å².